The number of carbonyl (C=O) groups is 1. The number of nitrogens with zero attached hydrogens (tertiary/aromatic N) is 1. The molecule has 1 spiro atoms. The fraction of sp³-hybridized carbons (Fsp3) is 0.435. The fourth-order valence-corrected chi connectivity index (χ4v) is 4.71. The second-order valence-corrected chi connectivity index (χ2v) is 7.92. The SMILES string of the molecule is CC(C)N1C(=O)C2(CCCC2)C1c1cccc(OCc2ccccc2)c1. The summed E-state index contributed by atoms with van der Waals surface area (Å²) in [4.78, 5) is 15.0. The lowest BCUT2D eigenvalue weighted by Crippen LogP contribution is -2.64. The molecule has 1 saturated heterocycles. The lowest BCUT2D eigenvalue weighted by molar-refractivity contribution is -0.177. The Bertz CT molecular complexity index is 778. The molecule has 1 unspecified atom stereocenters. The summed E-state index contributed by atoms with van der Waals surface area (Å²) in [5.41, 5.74) is 2.21. The van der Waals surface area contributed by atoms with Crippen LogP contribution in [0.2, 0.25) is 0 Å². The van der Waals surface area contributed by atoms with Crippen LogP contribution < -0.4 is 4.74 Å². The number of amides is 1. The normalized spacial score (nSPS) is 21.3. The van der Waals surface area contributed by atoms with Gasteiger partial charge in [0.1, 0.15) is 12.4 Å². The van der Waals surface area contributed by atoms with Crippen molar-refractivity contribution in [3.05, 3.63) is 65.7 Å². The monoisotopic (exact) mass is 349 g/mol. The highest BCUT2D eigenvalue weighted by Gasteiger charge is 2.62. The molecule has 0 bridgehead atoms. The van der Waals surface area contributed by atoms with Gasteiger partial charge in [0.15, 0.2) is 0 Å². The third kappa shape index (κ3) is 2.80. The first-order valence-corrected chi connectivity index (χ1v) is 9.71. The molecule has 1 heterocycles. The zero-order valence-electron chi connectivity index (χ0n) is 15.7. The summed E-state index contributed by atoms with van der Waals surface area (Å²) in [6.45, 7) is 4.79. The summed E-state index contributed by atoms with van der Waals surface area (Å²) < 4.78 is 6.02. The Morgan fingerprint density at radius 2 is 1.81 bits per heavy atom. The van der Waals surface area contributed by atoms with Crippen molar-refractivity contribution < 1.29 is 9.53 Å². The van der Waals surface area contributed by atoms with Crippen LogP contribution in [0, 0.1) is 5.41 Å². The van der Waals surface area contributed by atoms with E-state index in [1.54, 1.807) is 0 Å². The van der Waals surface area contributed by atoms with Gasteiger partial charge >= 0.3 is 0 Å². The summed E-state index contributed by atoms with van der Waals surface area (Å²) in [5.74, 6) is 1.23. The largest absolute Gasteiger partial charge is 0.489 e. The second-order valence-electron chi connectivity index (χ2n) is 7.92. The number of β-lactam (4-membered cyclic amide) rings is 1. The predicted molar refractivity (Wildman–Crippen MR) is 103 cm³/mol. The lowest BCUT2D eigenvalue weighted by atomic mass is 9.66. The number of hydrogen-bond donors (Lipinski definition) is 0. The summed E-state index contributed by atoms with van der Waals surface area (Å²) in [6.07, 6.45) is 4.38. The van der Waals surface area contributed by atoms with Gasteiger partial charge in [0.25, 0.3) is 0 Å². The molecule has 136 valence electrons. The predicted octanol–water partition coefficient (Wildman–Crippen LogP) is 5.12. The molecule has 1 amide bonds. The summed E-state index contributed by atoms with van der Waals surface area (Å²) in [6, 6.07) is 19.0. The van der Waals surface area contributed by atoms with E-state index in [9.17, 15) is 4.79 Å². The van der Waals surface area contributed by atoms with Gasteiger partial charge in [0, 0.05) is 6.04 Å². The molecule has 3 nitrogen and oxygen atoms in total. The van der Waals surface area contributed by atoms with E-state index in [2.05, 4.69) is 49.1 Å². The van der Waals surface area contributed by atoms with Crippen LogP contribution in [0.3, 0.4) is 0 Å². The van der Waals surface area contributed by atoms with E-state index >= 15 is 0 Å². The summed E-state index contributed by atoms with van der Waals surface area (Å²) in [5, 5.41) is 0. The number of rotatable bonds is 5. The lowest BCUT2D eigenvalue weighted by Gasteiger charge is -2.57. The molecule has 2 aromatic rings. The van der Waals surface area contributed by atoms with E-state index in [0.717, 1.165) is 24.2 Å². The molecule has 2 aromatic carbocycles. The topological polar surface area (TPSA) is 29.5 Å². The highest BCUT2D eigenvalue weighted by Crippen LogP contribution is 2.59. The highest BCUT2D eigenvalue weighted by molar-refractivity contribution is 5.91. The van der Waals surface area contributed by atoms with Crippen LogP contribution >= 0.6 is 0 Å². The zero-order chi connectivity index (χ0) is 18.1. The van der Waals surface area contributed by atoms with Crippen molar-refractivity contribution in [2.45, 2.75) is 58.2 Å². The molecular weight excluding hydrogens is 322 g/mol. The summed E-state index contributed by atoms with van der Waals surface area (Å²) in [7, 11) is 0. The van der Waals surface area contributed by atoms with Crippen molar-refractivity contribution in [2.24, 2.45) is 5.41 Å². The van der Waals surface area contributed by atoms with Crippen molar-refractivity contribution in [1.82, 2.24) is 4.90 Å². The minimum absolute atomic E-state index is 0.164. The maximum Gasteiger partial charge on any atom is 0.232 e. The van der Waals surface area contributed by atoms with Gasteiger partial charge < -0.3 is 9.64 Å². The van der Waals surface area contributed by atoms with E-state index < -0.39 is 0 Å². The van der Waals surface area contributed by atoms with Crippen LogP contribution in [0.15, 0.2) is 54.6 Å². The Balaban J connectivity index is 1.57. The highest BCUT2D eigenvalue weighted by atomic mass is 16.5. The van der Waals surface area contributed by atoms with Crippen molar-refractivity contribution in [3.8, 4) is 5.75 Å². The molecule has 3 heteroatoms. The first kappa shape index (κ1) is 17.1. The molecule has 0 N–H and O–H groups in total. The number of likely N-dealkylation sites (tertiary alicyclic amines) is 1. The maximum atomic E-state index is 12.9. The van der Waals surface area contributed by atoms with Crippen LogP contribution in [-0.4, -0.2) is 16.8 Å². The third-order valence-electron chi connectivity index (χ3n) is 5.94. The zero-order valence-corrected chi connectivity index (χ0v) is 15.7. The smallest absolute Gasteiger partial charge is 0.232 e. The van der Waals surface area contributed by atoms with E-state index in [4.69, 9.17) is 4.74 Å². The van der Waals surface area contributed by atoms with Crippen molar-refractivity contribution in [2.75, 3.05) is 0 Å². The minimum Gasteiger partial charge on any atom is -0.489 e. The van der Waals surface area contributed by atoms with Gasteiger partial charge in [-0.25, -0.2) is 0 Å². The molecule has 1 atom stereocenters. The van der Waals surface area contributed by atoms with Crippen LogP contribution in [-0.2, 0) is 11.4 Å². The van der Waals surface area contributed by atoms with Crippen LogP contribution in [0.5, 0.6) is 5.75 Å². The van der Waals surface area contributed by atoms with Gasteiger partial charge in [0.2, 0.25) is 5.91 Å². The first-order chi connectivity index (χ1) is 12.6. The molecule has 26 heavy (non-hydrogen) atoms. The van der Waals surface area contributed by atoms with E-state index in [1.807, 2.05) is 24.3 Å². The summed E-state index contributed by atoms with van der Waals surface area (Å²) >= 11 is 0. The van der Waals surface area contributed by atoms with Crippen LogP contribution in [0.25, 0.3) is 0 Å². The van der Waals surface area contributed by atoms with E-state index in [0.29, 0.717) is 12.5 Å². The molecule has 0 radical (unpaired) electrons. The fourth-order valence-electron chi connectivity index (χ4n) is 4.71. The average molecular weight is 349 g/mol. The first-order valence-electron chi connectivity index (χ1n) is 9.71. The van der Waals surface area contributed by atoms with Gasteiger partial charge in [-0.1, -0.05) is 55.3 Å². The van der Waals surface area contributed by atoms with E-state index in [1.165, 1.54) is 18.4 Å². The van der Waals surface area contributed by atoms with Gasteiger partial charge in [-0.2, -0.15) is 0 Å². The number of benzene rings is 2. The minimum atomic E-state index is -0.164. The number of hydrogen-bond acceptors (Lipinski definition) is 2. The van der Waals surface area contributed by atoms with Crippen LogP contribution in [0.1, 0.15) is 56.7 Å². The van der Waals surface area contributed by atoms with Gasteiger partial charge in [-0.15, -0.1) is 0 Å². The quantitative estimate of drug-likeness (QED) is 0.701. The Kier molecular flexibility index (Phi) is 4.47. The molecule has 4 rings (SSSR count). The molecule has 2 fully saturated rings. The van der Waals surface area contributed by atoms with Gasteiger partial charge in [-0.05, 0) is 49.9 Å². The van der Waals surface area contributed by atoms with Gasteiger partial charge in [-0.3, -0.25) is 4.79 Å². The van der Waals surface area contributed by atoms with Crippen molar-refractivity contribution in [1.29, 1.82) is 0 Å². The van der Waals surface area contributed by atoms with E-state index in [-0.39, 0.29) is 17.5 Å². The molecule has 1 aliphatic carbocycles. The molecule has 2 aliphatic rings. The second kappa shape index (κ2) is 6.79. The Morgan fingerprint density at radius 3 is 2.50 bits per heavy atom. The standard InChI is InChI=1S/C23H27NO2/c1-17(2)24-21(23(22(24)25)13-6-7-14-23)19-11-8-12-20(15-19)26-16-18-9-4-3-5-10-18/h3-5,8-12,15,17,21H,6-7,13-14,16H2,1-2H3. The molecule has 0 aromatic heterocycles. The average Bonchev–Trinajstić information content (AvgIpc) is 3.17. The van der Waals surface area contributed by atoms with Crippen molar-refractivity contribution in [3.63, 3.8) is 0 Å². The molecule has 1 saturated carbocycles. The Hall–Kier alpha value is -2.29. The maximum absolute atomic E-state index is 12.9. The molecular formula is C23H27NO2. The Labute approximate surface area is 156 Å². The van der Waals surface area contributed by atoms with Crippen molar-refractivity contribution >= 4 is 5.91 Å². The Morgan fingerprint density at radius 1 is 1.08 bits per heavy atom. The van der Waals surface area contributed by atoms with Crippen LogP contribution in [0.4, 0.5) is 0 Å². The number of carbonyl (C=O) groups excluding carboxylic acids is 1. The van der Waals surface area contributed by atoms with Gasteiger partial charge in [0.05, 0.1) is 11.5 Å². The molecule has 1 aliphatic heterocycles. The number of ether oxygens (including phenoxy) is 1. The third-order valence-corrected chi connectivity index (χ3v) is 5.94.